The molecule has 1 aliphatic rings. The molecule has 118 valence electrons. The number of sulfonamides is 1. The Morgan fingerprint density at radius 2 is 1.52 bits per heavy atom. The van der Waals surface area contributed by atoms with Crippen molar-refractivity contribution in [1.82, 2.24) is 4.72 Å². The van der Waals surface area contributed by atoms with Crippen LogP contribution in [0.15, 0.2) is 34.1 Å². The fourth-order valence-corrected chi connectivity index (χ4v) is 4.71. The van der Waals surface area contributed by atoms with E-state index in [1.54, 1.807) is 0 Å². The van der Waals surface area contributed by atoms with Crippen molar-refractivity contribution in [3.63, 3.8) is 0 Å². The summed E-state index contributed by atoms with van der Waals surface area (Å²) in [5, 5.41) is 0. The Kier molecular flexibility index (Phi) is 4.44. The summed E-state index contributed by atoms with van der Waals surface area (Å²) >= 11 is 0. The third-order valence-electron chi connectivity index (χ3n) is 3.86. The molecule has 1 saturated carbocycles. The highest BCUT2D eigenvalue weighted by atomic mass is 32.2. The van der Waals surface area contributed by atoms with Crippen LogP contribution in [0, 0.1) is 0 Å². The maximum Gasteiger partial charge on any atom is 0.241 e. The zero-order valence-corrected chi connectivity index (χ0v) is 13.5. The molecule has 1 aromatic rings. The van der Waals surface area contributed by atoms with Crippen molar-refractivity contribution in [2.45, 2.75) is 41.0 Å². The lowest BCUT2D eigenvalue weighted by molar-refractivity contribution is 0.399. The topological polar surface area (TPSA) is 106 Å². The van der Waals surface area contributed by atoms with Gasteiger partial charge in [0.15, 0.2) is 9.84 Å². The molecule has 1 aromatic carbocycles. The highest BCUT2D eigenvalue weighted by molar-refractivity contribution is 7.90. The number of nitrogens with two attached hydrogens (primary N) is 1. The van der Waals surface area contributed by atoms with Crippen LogP contribution >= 0.6 is 0 Å². The molecule has 21 heavy (non-hydrogen) atoms. The minimum absolute atomic E-state index is 0.0506. The SMILES string of the molecule is CS(=O)(=O)c1ccc(S(=O)(=O)NC2(CN)CCCC2)cc1. The number of rotatable bonds is 5. The van der Waals surface area contributed by atoms with Crippen LogP contribution in [0.3, 0.4) is 0 Å². The van der Waals surface area contributed by atoms with Gasteiger partial charge in [-0.05, 0) is 37.1 Å². The molecule has 0 bridgehead atoms. The monoisotopic (exact) mass is 332 g/mol. The van der Waals surface area contributed by atoms with Crippen molar-refractivity contribution >= 4 is 19.9 Å². The molecule has 1 aliphatic carbocycles. The first-order valence-electron chi connectivity index (χ1n) is 6.73. The van der Waals surface area contributed by atoms with E-state index in [1.165, 1.54) is 24.3 Å². The lowest BCUT2D eigenvalue weighted by Crippen LogP contribution is -2.51. The molecular formula is C13H20N2O4S2. The first-order chi connectivity index (χ1) is 9.69. The van der Waals surface area contributed by atoms with Gasteiger partial charge < -0.3 is 5.73 Å². The molecule has 0 amide bonds. The number of benzene rings is 1. The molecule has 0 radical (unpaired) electrons. The zero-order valence-electron chi connectivity index (χ0n) is 11.9. The van der Waals surface area contributed by atoms with Crippen LogP contribution in [0.25, 0.3) is 0 Å². The third kappa shape index (κ3) is 3.63. The molecule has 0 aliphatic heterocycles. The molecule has 1 fully saturated rings. The van der Waals surface area contributed by atoms with Crippen molar-refractivity contribution in [3.8, 4) is 0 Å². The molecule has 6 nitrogen and oxygen atoms in total. The van der Waals surface area contributed by atoms with Gasteiger partial charge in [0.25, 0.3) is 0 Å². The van der Waals surface area contributed by atoms with Crippen LogP contribution in [0.2, 0.25) is 0 Å². The summed E-state index contributed by atoms with van der Waals surface area (Å²) in [6, 6.07) is 5.21. The normalized spacial score (nSPS) is 18.8. The maximum atomic E-state index is 12.4. The average Bonchev–Trinajstić information content (AvgIpc) is 2.86. The van der Waals surface area contributed by atoms with Gasteiger partial charge in [0.05, 0.1) is 9.79 Å². The number of hydrogen-bond donors (Lipinski definition) is 2. The van der Waals surface area contributed by atoms with Crippen molar-refractivity contribution in [2.75, 3.05) is 12.8 Å². The van der Waals surface area contributed by atoms with Crippen molar-refractivity contribution in [3.05, 3.63) is 24.3 Å². The number of hydrogen-bond acceptors (Lipinski definition) is 5. The molecule has 0 saturated heterocycles. The smallest absolute Gasteiger partial charge is 0.241 e. The number of nitrogens with one attached hydrogen (secondary N) is 1. The molecule has 8 heteroatoms. The van der Waals surface area contributed by atoms with Crippen molar-refractivity contribution in [2.24, 2.45) is 5.73 Å². The van der Waals surface area contributed by atoms with E-state index >= 15 is 0 Å². The second-order valence-electron chi connectivity index (χ2n) is 5.54. The van der Waals surface area contributed by atoms with Gasteiger partial charge in [-0.1, -0.05) is 12.8 Å². The van der Waals surface area contributed by atoms with Gasteiger partial charge in [-0.2, -0.15) is 0 Å². The summed E-state index contributed by atoms with van der Waals surface area (Å²) < 4.78 is 50.3. The molecule has 0 heterocycles. The number of sulfone groups is 1. The summed E-state index contributed by atoms with van der Waals surface area (Å²) in [6.45, 7) is 0.258. The largest absolute Gasteiger partial charge is 0.329 e. The minimum atomic E-state index is -3.70. The zero-order chi connectivity index (χ0) is 15.7. The first kappa shape index (κ1) is 16.4. The Morgan fingerprint density at radius 1 is 1.05 bits per heavy atom. The molecule has 0 unspecified atom stereocenters. The van der Waals surface area contributed by atoms with Gasteiger partial charge in [0.2, 0.25) is 10.0 Å². The third-order valence-corrected chi connectivity index (χ3v) is 6.59. The van der Waals surface area contributed by atoms with E-state index in [4.69, 9.17) is 5.73 Å². The van der Waals surface area contributed by atoms with Crippen LogP contribution in [0.1, 0.15) is 25.7 Å². The quantitative estimate of drug-likeness (QED) is 0.823. The highest BCUT2D eigenvalue weighted by Crippen LogP contribution is 2.30. The Morgan fingerprint density at radius 3 is 1.95 bits per heavy atom. The maximum absolute atomic E-state index is 12.4. The van der Waals surface area contributed by atoms with Crippen molar-refractivity contribution < 1.29 is 16.8 Å². The van der Waals surface area contributed by atoms with Gasteiger partial charge >= 0.3 is 0 Å². The Labute approximate surface area is 125 Å². The summed E-state index contributed by atoms with van der Waals surface area (Å²) in [4.78, 5) is 0.144. The van der Waals surface area contributed by atoms with E-state index in [-0.39, 0.29) is 16.3 Å². The Bertz CT molecular complexity index is 703. The Hall–Kier alpha value is -0.960. The van der Waals surface area contributed by atoms with Gasteiger partial charge in [-0.15, -0.1) is 0 Å². The van der Waals surface area contributed by atoms with Crippen LogP contribution in [0.4, 0.5) is 0 Å². The molecular weight excluding hydrogens is 312 g/mol. The fraction of sp³-hybridized carbons (Fsp3) is 0.538. The summed E-state index contributed by atoms with van der Waals surface area (Å²) in [7, 11) is -7.04. The van der Waals surface area contributed by atoms with Crippen LogP contribution in [-0.2, 0) is 19.9 Å². The van der Waals surface area contributed by atoms with Gasteiger partial charge in [-0.3, -0.25) is 0 Å². The second-order valence-corrected chi connectivity index (χ2v) is 9.24. The molecule has 3 N–H and O–H groups in total. The summed E-state index contributed by atoms with van der Waals surface area (Å²) in [6.07, 6.45) is 4.43. The predicted octanol–water partition coefficient (Wildman–Crippen LogP) is 0.640. The van der Waals surface area contributed by atoms with E-state index < -0.39 is 25.4 Å². The lowest BCUT2D eigenvalue weighted by Gasteiger charge is -2.28. The van der Waals surface area contributed by atoms with E-state index in [0.717, 1.165) is 31.9 Å². The second kappa shape index (κ2) is 5.68. The molecule has 0 spiro atoms. The molecule has 2 rings (SSSR count). The van der Waals surface area contributed by atoms with Gasteiger partial charge in [0, 0.05) is 18.3 Å². The van der Waals surface area contributed by atoms with E-state index in [9.17, 15) is 16.8 Å². The predicted molar refractivity (Wildman–Crippen MR) is 80.1 cm³/mol. The Balaban J connectivity index is 2.28. The summed E-state index contributed by atoms with van der Waals surface area (Å²) in [5.74, 6) is 0. The lowest BCUT2D eigenvalue weighted by atomic mass is 10.0. The average molecular weight is 332 g/mol. The standard InChI is InChI=1S/C13H20N2O4S2/c1-20(16,17)11-4-6-12(7-5-11)21(18,19)15-13(10-14)8-2-3-9-13/h4-7,15H,2-3,8-10,14H2,1H3. The highest BCUT2D eigenvalue weighted by Gasteiger charge is 2.36. The summed E-state index contributed by atoms with van der Waals surface area (Å²) in [5.41, 5.74) is 5.15. The van der Waals surface area contributed by atoms with Gasteiger partial charge in [-0.25, -0.2) is 21.6 Å². The molecule has 0 aromatic heterocycles. The van der Waals surface area contributed by atoms with E-state index in [1.807, 2.05) is 0 Å². The van der Waals surface area contributed by atoms with Crippen LogP contribution < -0.4 is 10.5 Å². The molecule has 0 atom stereocenters. The van der Waals surface area contributed by atoms with Crippen LogP contribution in [0.5, 0.6) is 0 Å². The van der Waals surface area contributed by atoms with E-state index in [2.05, 4.69) is 4.72 Å². The first-order valence-corrected chi connectivity index (χ1v) is 10.1. The van der Waals surface area contributed by atoms with Gasteiger partial charge in [0.1, 0.15) is 0 Å². The van der Waals surface area contributed by atoms with Crippen molar-refractivity contribution in [1.29, 1.82) is 0 Å². The van der Waals surface area contributed by atoms with Crippen LogP contribution in [-0.4, -0.2) is 35.2 Å². The van der Waals surface area contributed by atoms with E-state index in [0.29, 0.717) is 0 Å². The minimum Gasteiger partial charge on any atom is -0.329 e. The fourth-order valence-electron chi connectivity index (χ4n) is 2.61.